The molecule has 0 atom stereocenters. The van der Waals surface area contributed by atoms with Crippen LogP contribution in [-0.4, -0.2) is 33.8 Å². The lowest BCUT2D eigenvalue weighted by Crippen LogP contribution is -2.25. The zero-order valence-electron chi connectivity index (χ0n) is 14.5. The first-order valence-electron chi connectivity index (χ1n) is 8.67. The molecule has 24 heavy (non-hydrogen) atoms. The SMILES string of the molecule is CCCCc1ccc(COc2nsnc2C2=CCCN(C)C2)cc1. The fourth-order valence-corrected chi connectivity index (χ4v) is 3.40. The molecular formula is C19H25N3OS. The van der Waals surface area contributed by atoms with E-state index in [-0.39, 0.29) is 0 Å². The van der Waals surface area contributed by atoms with Crippen LogP contribution in [0.15, 0.2) is 30.3 Å². The number of nitrogens with zero attached hydrogens (tertiary/aromatic N) is 3. The Hall–Kier alpha value is -1.72. The van der Waals surface area contributed by atoms with Gasteiger partial charge >= 0.3 is 0 Å². The molecule has 0 unspecified atom stereocenters. The molecule has 0 saturated heterocycles. The first-order valence-corrected chi connectivity index (χ1v) is 9.40. The topological polar surface area (TPSA) is 38.3 Å². The number of benzene rings is 1. The largest absolute Gasteiger partial charge is 0.471 e. The van der Waals surface area contributed by atoms with Crippen molar-refractivity contribution in [3.63, 3.8) is 0 Å². The molecular weight excluding hydrogens is 318 g/mol. The summed E-state index contributed by atoms with van der Waals surface area (Å²) in [6.45, 7) is 4.77. The summed E-state index contributed by atoms with van der Waals surface area (Å²) >= 11 is 1.22. The third-order valence-corrected chi connectivity index (χ3v) is 4.83. The molecule has 128 valence electrons. The average molecular weight is 343 g/mol. The number of hydrogen-bond acceptors (Lipinski definition) is 5. The van der Waals surface area contributed by atoms with Gasteiger partial charge in [-0.3, -0.25) is 0 Å². The molecule has 0 fully saturated rings. The van der Waals surface area contributed by atoms with Crippen molar-refractivity contribution in [3.8, 4) is 5.88 Å². The predicted octanol–water partition coefficient (Wildman–Crippen LogP) is 4.18. The first-order chi connectivity index (χ1) is 11.8. The zero-order valence-corrected chi connectivity index (χ0v) is 15.3. The van der Waals surface area contributed by atoms with E-state index in [1.807, 2.05) is 0 Å². The van der Waals surface area contributed by atoms with Gasteiger partial charge in [0.05, 0.1) is 11.7 Å². The van der Waals surface area contributed by atoms with Crippen LogP contribution < -0.4 is 4.74 Å². The zero-order chi connectivity index (χ0) is 16.8. The summed E-state index contributed by atoms with van der Waals surface area (Å²) in [4.78, 5) is 2.30. The number of unbranched alkanes of at least 4 members (excludes halogenated alkanes) is 1. The van der Waals surface area contributed by atoms with E-state index in [9.17, 15) is 0 Å². The molecule has 0 spiro atoms. The van der Waals surface area contributed by atoms with Gasteiger partial charge in [-0.1, -0.05) is 43.7 Å². The Bertz CT molecular complexity index is 678. The Morgan fingerprint density at radius 3 is 2.71 bits per heavy atom. The number of aryl methyl sites for hydroxylation is 1. The average Bonchev–Trinajstić information content (AvgIpc) is 3.07. The van der Waals surface area contributed by atoms with E-state index in [1.165, 1.54) is 41.3 Å². The molecule has 0 N–H and O–H groups in total. The van der Waals surface area contributed by atoms with Crippen molar-refractivity contribution in [1.29, 1.82) is 0 Å². The fourth-order valence-electron chi connectivity index (χ4n) is 2.87. The molecule has 0 saturated carbocycles. The van der Waals surface area contributed by atoms with Gasteiger partial charge in [0, 0.05) is 13.1 Å². The second-order valence-electron chi connectivity index (χ2n) is 6.38. The third-order valence-electron chi connectivity index (χ3n) is 4.32. The molecule has 2 heterocycles. The molecule has 1 aromatic heterocycles. The smallest absolute Gasteiger partial charge is 0.254 e. The second kappa shape index (κ2) is 8.40. The molecule has 1 aromatic carbocycles. The number of hydrogen-bond donors (Lipinski definition) is 0. The van der Waals surface area contributed by atoms with Crippen molar-refractivity contribution >= 4 is 17.3 Å². The van der Waals surface area contributed by atoms with Crippen molar-refractivity contribution in [2.45, 2.75) is 39.2 Å². The quantitative estimate of drug-likeness (QED) is 0.756. The van der Waals surface area contributed by atoms with Crippen LogP contribution in [0.5, 0.6) is 5.88 Å². The van der Waals surface area contributed by atoms with Crippen LogP contribution >= 0.6 is 11.7 Å². The highest BCUT2D eigenvalue weighted by Crippen LogP contribution is 2.27. The maximum Gasteiger partial charge on any atom is 0.254 e. The van der Waals surface area contributed by atoms with E-state index in [4.69, 9.17) is 4.74 Å². The molecule has 1 aliphatic heterocycles. The highest BCUT2D eigenvalue weighted by atomic mass is 32.1. The van der Waals surface area contributed by atoms with E-state index in [0.29, 0.717) is 12.5 Å². The van der Waals surface area contributed by atoms with Crippen LogP contribution in [0.4, 0.5) is 0 Å². The van der Waals surface area contributed by atoms with E-state index < -0.39 is 0 Å². The minimum Gasteiger partial charge on any atom is -0.471 e. The van der Waals surface area contributed by atoms with Crippen molar-refractivity contribution in [1.82, 2.24) is 13.6 Å². The van der Waals surface area contributed by atoms with Crippen molar-refractivity contribution < 1.29 is 4.74 Å². The van der Waals surface area contributed by atoms with Crippen LogP contribution in [0.2, 0.25) is 0 Å². The third kappa shape index (κ3) is 4.42. The summed E-state index contributed by atoms with van der Waals surface area (Å²) in [6, 6.07) is 8.70. The molecule has 4 nitrogen and oxygen atoms in total. The summed E-state index contributed by atoms with van der Waals surface area (Å²) in [5.41, 5.74) is 4.70. The van der Waals surface area contributed by atoms with E-state index >= 15 is 0 Å². The van der Waals surface area contributed by atoms with Gasteiger partial charge in [-0.25, -0.2) is 0 Å². The van der Waals surface area contributed by atoms with Crippen LogP contribution in [0, 0.1) is 0 Å². The Morgan fingerprint density at radius 2 is 1.96 bits per heavy atom. The van der Waals surface area contributed by atoms with Gasteiger partial charge in [-0.05, 0) is 43.0 Å². The van der Waals surface area contributed by atoms with Crippen molar-refractivity contribution in [2.75, 3.05) is 20.1 Å². The molecule has 0 aliphatic carbocycles. The summed E-state index contributed by atoms with van der Waals surface area (Å²) < 4.78 is 14.7. The number of ether oxygens (including phenoxy) is 1. The Labute approximate surface area is 148 Å². The van der Waals surface area contributed by atoms with Gasteiger partial charge < -0.3 is 9.64 Å². The van der Waals surface area contributed by atoms with Gasteiger partial charge in [-0.15, -0.1) is 4.37 Å². The van der Waals surface area contributed by atoms with E-state index in [2.05, 4.69) is 58.0 Å². The molecule has 0 amide bonds. The minimum atomic E-state index is 0.537. The Kier molecular flexibility index (Phi) is 5.99. The van der Waals surface area contributed by atoms with Gasteiger partial charge in [-0.2, -0.15) is 4.37 Å². The van der Waals surface area contributed by atoms with Crippen molar-refractivity contribution in [2.24, 2.45) is 0 Å². The normalized spacial score (nSPS) is 15.3. The van der Waals surface area contributed by atoms with Crippen LogP contribution in [0.3, 0.4) is 0 Å². The Balaban J connectivity index is 1.61. The van der Waals surface area contributed by atoms with Crippen LogP contribution in [0.25, 0.3) is 5.57 Å². The summed E-state index contributed by atoms with van der Waals surface area (Å²) in [7, 11) is 2.13. The van der Waals surface area contributed by atoms with E-state index in [0.717, 1.165) is 31.6 Å². The molecule has 3 rings (SSSR count). The highest BCUT2D eigenvalue weighted by Gasteiger charge is 2.18. The second-order valence-corrected chi connectivity index (χ2v) is 6.91. The summed E-state index contributed by atoms with van der Waals surface area (Å²) in [6.07, 6.45) is 6.94. The van der Waals surface area contributed by atoms with Crippen molar-refractivity contribution in [3.05, 3.63) is 47.2 Å². The lowest BCUT2D eigenvalue weighted by atomic mass is 10.1. The molecule has 5 heteroatoms. The predicted molar refractivity (Wildman–Crippen MR) is 99.4 cm³/mol. The molecule has 1 aliphatic rings. The number of rotatable bonds is 7. The van der Waals surface area contributed by atoms with Gasteiger partial charge in [0.15, 0.2) is 0 Å². The first kappa shape index (κ1) is 17.1. The Morgan fingerprint density at radius 1 is 1.17 bits per heavy atom. The molecule has 0 bridgehead atoms. The number of likely N-dealkylation sites (N-methyl/N-ethyl adjacent to an activating group) is 1. The lowest BCUT2D eigenvalue weighted by Gasteiger charge is -2.22. The minimum absolute atomic E-state index is 0.537. The maximum atomic E-state index is 5.95. The molecule has 0 radical (unpaired) electrons. The van der Waals surface area contributed by atoms with Gasteiger partial charge in [0.1, 0.15) is 12.3 Å². The van der Waals surface area contributed by atoms with Gasteiger partial charge in [0.25, 0.3) is 5.88 Å². The number of aromatic nitrogens is 2. The highest BCUT2D eigenvalue weighted by molar-refractivity contribution is 6.99. The summed E-state index contributed by atoms with van der Waals surface area (Å²) in [5, 5.41) is 0. The summed E-state index contributed by atoms with van der Waals surface area (Å²) in [5.74, 6) is 0.664. The monoisotopic (exact) mass is 343 g/mol. The van der Waals surface area contributed by atoms with Crippen LogP contribution in [-0.2, 0) is 13.0 Å². The molecule has 2 aromatic rings. The fraction of sp³-hybridized carbons (Fsp3) is 0.474. The standard InChI is InChI=1S/C19H25N3OS/c1-3-4-6-15-8-10-16(11-9-15)14-23-19-18(20-24-21-19)17-7-5-12-22(2)13-17/h7-11H,3-6,12-14H2,1-2H3. The maximum absolute atomic E-state index is 5.95. The van der Waals surface area contributed by atoms with E-state index in [1.54, 1.807) is 0 Å². The van der Waals surface area contributed by atoms with Crippen LogP contribution in [0.1, 0.15) is 43.0 Å². The lowest BCUT2D eigenvalue weighted by molar-refractivity contribution is 0.294. The van der Waals surface area contributed by atoms with Gasteiger partial charge in [0.2, 0.25) is 0 Å².